The van der Waals surface area contributed by atoms with Crippen molar-refractivity contribution < 1.29 is 9.53 Å². The van der Waals surface area contributed by atoms with E-state index in [1.807, 2.05) is 6.92 Å². The smallest absolute Gasteiger partial charge is 0.309 e. The Morgan fingerprint density at radius 1 is 1.71 bits per heavy atom. The van der Waals surface area contributed by atoms with E-state index in [-0.39, 0.29) is 11.9 Å². The molecule has 0 aliphatic carbocycles. The molecule has 0 bridgehead atoms. The maximum atomic E-state index is 11.2. The van der Waals surface area contributed by atoms with Crippen LogP contribution in [-0.2, 0) is 9.53 Å². The summed E-state index contributed by atoms with van der Waals surface area (Å²) >= 11 is 0. The Kier molecular flexibility index (Phi) is 4.35. The number of ether oxygens (including phenoxy) is 1. The van der Waals surface area contributed by atoms with Gasteiger partial charge in [-0.3, -0.25) is 9.69 Å². The number of piperazine rings is 1. The normalized spacial score (nSPS) is 25.8. The van der Waals surface area contributed by atoms with E-state index >= 15 is 0 Å². The van der Waals surface area contributed by atoms with Crippen molar-refractivity contribution in [1.82, 2.24) is 10.2 Å². The number of hydrogen-bond acceptors (Lipinski definition) is 4. The monoisotopic (exact) mass is 200 g/mol. The summed E-state index contributed by atoms with van der Waals surface area (Å²) in [6.45, 7) is 7.93. The lowest BCUT2D eigenvalue weighted by Crippen LogP contribution is -2.51. The van der Waals surface area contributed by atoms with E-state index in [1.54, 1.807) is 0 Å². The third-order valence-electron chi connectivity index (χ3n) is 2.75. The Morgan fingerprint density at radius 2 is 2.43 bits per heavy atom. The number of rotatable bonds is 3. The summed E-state index contributed by atoms with van der Waals surface area (Å²) < 4.78 is 4.71. The first-order valence-corrected chi connectivity index (χ1v) is 5.17. The molecule has 0 saturated carbocycles. The molecule has 14 heavy (non-hydrogen) atoms. The fraction of sp³-hybridized carbons (Fsp3) is 0.900. The molecule has 2 atom stereocenters. The molecule has 0 amide bonds. The lowest BCUT2D eigenvalue weighted by Gasteiger charge is -2.34. The molecule has 0 aromatic rings. The van der Waals surface area contributed by atoms with Crippen LogP contribution < -0.4 is 5.32 Å². The van der Waals surface area contributed by atoms with Gasteiger partial charge in [-0.05, 0) is 6.92 Å². The lowest BCUT2D eigenvalue weighted by molar-refractivity contribution is -0.145. The largest absolute Gasteiger partial charge is 0.469 e. The van der Waals surface area contributed by atoms with Gasteiger partial charge < -0.3 is 10.1 Å². The predicted molar refractivity (Wildman–Crippen MR) is 55.1 cm³/mol. The Balaban J connectivity index is 2.38. The molecule has 4 heteroatoms. The zero-order valence-electron chi connectivity index (χ0n) is 9.25. The Hall–Kier alpha value is -0.610. The zero-order chi connectivity index (χ0) is 10.6. The highest BCUT2D eigenvalue weighted by Gasteiger charge is 2.22. The van der Waals surface area contributed by atoms with Gasteiger partial charge in [-0.15, -0.1) is 0 Å². The van der Waals surface area contributed by atoms with Crippen LogP contribution in [0.2, 0.25) is 0 Å². The number of esters is 1. The van der Waals surface area contributed by atoms with Gasteiger partial charge in [0.1, 0.15) is 0 Å². The van der Waals surface area contributed by atoms with Gasteiger partial charge in [-0.25, -0.2) is 0 Å². The number of nitrogens with one attached hydrogen (secondary N) is 1. The molecule has 82 valence electrons. The number of carbonyl (C=O) groups excluding carboxylic acids is 1. The van der Waals surface area contributed by atoms with E-state index in [4.69, 9.17) is 4.74 Å². The molecule has 0 radical (unpaired) electrons. The highest BCUT2D eigenvalue weighted by Crippen LogP contribution is 2.07. The maximum Gasteiger partial charge on any atom is 0.309 e. The van der Waals surface area contributed by atoms with Crippen LogP contribution in [0.15, 0.2) is 0 Å². The van der Waals surface area contributed by atoms with E-state index in [1.165, 1.54) is 7.11 Å². The fourth-order valence-electron chi connectivity index (χ4n) is 1.78. The van der Waals surface area contributed by atoms with Crippen molar-refractivity contribution in [1.29, 1.82) is 0 Å². The van der Waals surface area contributed by atoms with Gasteiger partial charge in [0, 0.05) is 32.2 Å². The van der Waals surface area contributed by atoms with Gasteiger partial charge in [0.15, 0.2) is 0 Å². The average molecular weight is 200 g/mol. The van der Waals surface area contributed by atoms with E-state index in [0.717, 1.165) is 26.2 Å². The van der Waals surface area contributed by atoms with Crippen LogP contribution >= 0.6 is 0 Å². The molecule has 1 aliphatic heterocycles. The fourth-order valence-corrected chi connectivity index (χ4v) is 1.78. The Bertz CT molecular complexity index is 197. The van der Waals surface area contributed by atoms with Crippen molar-refractivity contribution in [2.75, 3.05) is 33.3 Å². The van der Waals surface area contributed by atoms with E-state index in [2.05, 4.69) is 17.1 Å². The molecule has 1 rings (SSSR count). The van der Waals surface area contributed by atoms with Crippen LogP contribution in [0.1, 0.15) is 13.8 Å². The van der Waals surface area contributed by atoms with Crippen LogP contribution in [-0.4, -0.2) is 50.2 Å². The Labute approximate surface area is 85.6 Å². The SMILES string of the molecule is COC(=O)C(C)CN1CCNC[C@H]1C. The first kappa shape index (κ1) is 11.5. The molecule has 1 unspecified atom stereocenters. The molecule has 1 heterocycles. The molecule has 1 fully saturated rings. The third kappa shape index (κ3) is 2.96. The lowest BCUT2D eigenvalue weighted by atomic mass is 10.1. The molecule has 0 spiro atoms. The van der Waals surface area contributed by atoms with E-state index in [9.17, 15) is 4.79 Å². The summed E-state index contributed by atoms with van der Waals surface area (Å²) in [5.41, 5.74) is 0. The van der Waals surface area contributed by atoms with E-state index < -0.39 is 0 Å². The molecule has 4 nitrogen and oxygen atoms in total. The summed E-state index contributed by atoms with van der Waals surface area (Å²) in [6, 6.07) is 0.510. The van der Waals surface area contributed by atoms with Gasteiger partial charge in [-0.2, -0.15) is 0 Å². The summed E-state index contributed by atoms with van der Waals surface area (Å²) in [5, 5.41) is 3.32. The van der Waals surface area contributed by atoms with Crippen molar-refractivity contribution in [2.45, 2.75) is 19.9 Å². The molecule has 0 aromatic heterocycles. The van der Waals surface area contributed by atoms with Crippen molar-refractivity contribution in [3.8, 4) is 0 Å². The summed E-state index contributed by atoms with van der Waals surface area (Å²) in [7, 11) is 1.44. The molecule has 1 aliphatic rings. The Morgan fingerprint density at radius 3 is 3.00 bits per heavy atom. The standard InChI is InChI=1S/C10H20N2O2/c1-8(10(13)14-3)7-12-5-4-11-6-9(12)2/h8-9,11H,4-7H2,1-3H3/t8?,9-/m1/s1. The molecule has 1 saturated heterocycles. The molecular weight excluding hydrogens is 180 g/mol. The topological polar surface area (TPSA) is 41.6 Å². The van der Waals surface area contributed by atoms with Crippen molar-refractivity contribution in [3.05, 3.63) is 0 Å². The third-order valence-corrected chi connectivity index (χ3v) is 2.75. The van der Waals surface area contributed by atoms with Gasteiger partial charge in [0.2, 0.25) is 0 Å². The van der Waals surface area contributed by atoms with Crippen LogP contribution in [0.4, 0.5) is 0 Å². The number of nitrogens with zero attached hydrogens (tertiary/aromatic N) is 1. The number of hydrogen-bond donors (Lipinski definition) is 1. The number of carbonyl (C=O) groups is 1. The van der Waals surface area contributed by atoms with E-state index in [0.29, 0.717) is 6.04 Å². The first-order valence-electron chi connectivity index (χ1n) is 5.17. The first-order chi connectivity index (χ1) is 6.65. The van der Waals surface area contributed by atoms with Crippen LogP contribution in [0.25, 0.3) is 0 Å². The molecular formula is C10H20N2O2. The van der Waals surface area contributed by atoms with Crippen LogP contribution in [0.3, 0.4) is 0 Å². The quantitative estimate of drug-likeness (QED) is 0.656. The zero-order valence-corrected chi connectivity index (χ0v) is 9.25. The van der Waals surface area contributed by atoms with Crippen molar-refractivity contribution in [2.24, 2.45) is 5.92 Å². The highest BCUT2D eigenvalue weighted by atomic mass is 16.5. The van der Waals surface area contributed by atoms with Gasteiger partial charge in [0.05, 0.1) is 13.0 Å². The second-order valence-electron chi connectivity index (χ2n) is 3.97. The van der Waals surface area contributed by atoms with Crippen LogP contribution in [0, 0.1) is 5.92 Å². The summed E-state index contributed by atoms with van der Waals surface area (Å²) in [6.07, 6.45) is 0. The molecule has 0 aromatic carbocycles. The van der Waals surface area contributed by atoms with Crippen molar-refractivity contribution >= 4 is 5.97 Å². The van der Waals surface area contributed by atoms with Gasteiger partial charge in [-0.1, -0.05) is 6.92 Å². The minimum absolute atomic E-state index is 0.0273. The van der Waals surface area contributed by atoms with Crippen molar-refractivity contribution in [3.63, 3.8) is 0 Å². The average Bonchev–Trinajstić information content (AvgIpc) is 2.20. The number of methoxy groups -OCH3 is 1. The minimum atomic E-state index is -0.115. The van der Waals surface area contributed by atoms with Gasteiger partial charge >= 0.3 is 5.97 Å². The molecule has 1 N–H and O–H groups in total. The van der Waals surface area contributed by atoms with Gasteiger partial charge in [0.25, 0.3) is 0 Å². The summed E-state index contributed by atoms with van der Waals surface area (Å²) in [4.78, 5) is 13.6. The second-order valence-corrected chi connectivity index (χ2v) is 3.97. The predicted octanol–water partition coefficient (Wildman–Crippen LogP) is 0.0892. The second kappa shape index (κ2) is 5.32. The highest BCUT2D eigenvalue weighted by molar-refractivity contribution is 5.72. The minimum Gasteiger partial charge on any atom is -0.469 e. The van der Waals surface area contributed by atoms with Crippen LogP contribution in [0.5, 0.6) is 0 Å². The maximum absolute atomic E-state index is 11.2. The summed E-state index contributed by atoms with van der Waals surface area (Å²) in [5.74, 6) is -0.142.